The summed E-state index contributed by atoms with van der Waals surface area (Å²) in [6.07, 6.45) is -0.111. The smallest absolute Gasteiger partial charge is 0.250 e. The lowest BCUT2D eigenvalue weighted by Crippen LogP contribution is -2.28. The molecule has 4 N–H and O–H groups in total. The summed E-state index contributed by atoms with van der Waals surface area (Å²) in [6, 6.07) is 12.0. The van der Waals surface area contributed by atoms with Crippen LogP contribution in [-0.2, 0) is 14.8 Å². The molecule has 0 aliphatic heterocycles. The van der Waals surface area contributed by atoms with Crippen LogP contribution in [0.25, 0.3) is 0 Å². The van der Waals surface area contributed by atoms with E-state index in [1.165, 1.54) is 36.4 Å². The Morgan fingerprint density at radius 2 is 1.68 bits per heavy atom. The third kappa shape index (κ3) is 5.28. The summed E-state index contributed by atoms with van der Waals surface area (Å²) in [6.45, 7) is -0.102. The number of halogens is 1. The van der Waals surface area contributed by atoms with Gasteiger partial charge < -0.3 is 11.1 Å². The summed E-state index contributed by atoms with van der Waals surface area (Å²) in [7, 11) is -3.73. The molecule has 2 amide bonds. The maximum atomic E-state index is 12.1. The van der Waals surface area contributed by atoms with Crippen molar-refractivity contribution < 1.29 is 18.0 Å². The van der Waals surface area contributed by atoms with E-state index in [0.717, 1.165) is 0 Å². The van der Waals surface area contributed by atoms with Crippen LogP contribution < -0.4 is 15.8 Å². The molecule has 0 unspecified atom stereocenters. The van der Waals surface area contributed by atoms with Crippen molar-refractivity contribution >= 4 is 39.1 Å². The highest BCUT2D eigenvalue weighted by Gasteiger charge is 2.15. The number of anilines is 1. The van der Waals surface area contributed by atoms with E-state index < -0.39 is 21.8 Å². The van der Waals surface area contributed by atoms with Crippen molar-refractivity contribution in [3.05, 3.63) is 59.1 Å². The molecule has 7 nitrogen and oxygen atoms in total. The number of nitrogens with one attached hydrogen (secondary N) is 2. The van der Waals surface area contributed by atoms with E-state index >= 15 is 0 Å². The van der Waals surface area contributed by atoms with Crippen LogP contribution in [0.3, 0.4) is 0 Å². The number of primary amides is 1. The lowest BCUT2D eigenvalue weighted by molar-refractivity contribution is -0.116. The van der Waals surface area contributed by atoms with E-state index in [2.05, 4.69) is 10.0 Å². The van der Waals surface area contributed by atoms with Gasteiger partial charge in [0.1, 0.15) is 0 Å². The van der Waals surface area contributed by atoms with Gasteiger partial charge in [0.05, 0.1) is 16.1 Å². The molecule has 0 fully saturated rings. The van der Waals surface area contributed by atoms with Gasteiger partial charge in [-0.1, -0.05) is 23.7 Å². The van der Waals surface area contributed by atoms with E-state index in [9.17, 15) is 18.0 Å². The molecule has 2 aromatic carbocycles. The number of amides is 2. The summed E-state index contributed by atoms with van der Waals surface area (Å²) in [4.78, 5) is 23.3. The van der Waals surface area contributed by atoms with E-state index in [1.54, 1.807) is 12.1 Å². The first-order chi connectivity index (χ1) is 11.8. The fraction of sp³-hybridized carbons (Fsp3) is 0.125. The standard InChI is InChI=1S/C16H16ClN3O4S/c17-11-5-7-12(8-6-11)25(23,24)19-10-9-15(21)20-14-4-2-1-3-13(14)16(18)22/h1-8,19H,9-10H2,(H2,18,22)(H,20,21). The molecule has 2 rings (SSSR count). The van der Waals surface area contributed by atoms with Gasteiger partial charge in [-0.15, -0.1) is 0 Å². The largest absolute Gasteiger partial charge is 0.366 e. The number of carbonyl (C=O) groups excluding carboxylic acids is 2. The van der Waals surface area contributed by atoms with Gasteiger partial charge in [-0.25, -0.2) is 13.1 Å². The third-order valence-electron chi connectivity index (χ3n) is 3.23. The van der Waals surface area contributed by atoms with Gasteiger partial charge in [0.25, 0.3) is 5.91 Å². The van der Waals surface area contributed by atoms with Crippen LogP contribution in [0.2, 0.25) is 5.02 Å². The monoisotopic (exact) mass is 381 g/mol. The second-order valence-corrected chi connectivity index (χ2v) is 7.26. The summed E-state index contributed by atoms with van der Waals surface area (Å²) in [5.41, 5.74) is 5.69. The van der Waals surface area contributed by atoms with Gasteiger partial charge in [0.15, 0.2) is 0 Å². The molecule has 0 bridgehead atoms. The van der Waals surface area contributed by atoms with Gasteiger partial charge in [-0.05, 0) is 36.4 Å². The molecule has 0 saturated carbocycles. The van der Waals surface area contributed by atoms with Gasteiger partial charge in [0, 0.05) is 18.0 Å². The maximum Gasteiger partial charge on any atom is 0.250 e. The lowest BCUT2D eigenvalue weighted by Gasteiger charge is -2.09. The van der Waals surface area contributed by atoms with Crippen LogP contribution in [0.15, 0.2) is 53.4 Å². The number of hydrogen-bond acceptors (Lipinski definition) is 4. The third-order valence-corrected chi connectivity index (χ3v) is 4.96. The molecule has 0 spiro atoms. The zero-order chi connectivity index (χ0) is 18.4. The molecule has 132 valence electrons. The van der Waals surface area contributed by atoms with Crippen molar-refractivity contribution in [1.29, 1.82) is 0 Å². The Labute approximate surface area is 150 Å². The summed E-state index contributed by atoms with van der Waals surface area (Å²) < 4.78 is 26.5. The molecule has 2 aromatic rings. The first kappa shape index (κ1) is 18.9. The molecular formula is C16H16ClN3O4S. The van der Waals surface area contributed by atoms with E-state index in [4.69, 9.17) is 17.3 Å². The Hall–Kier alpha value is -2.42. The van der Waals surface area contributed by atoms with Crippen molar-refractivity contribution in [2.24, 2.45) is 5.73 Å². The molecule has 25 heavy (non-hydrogen) atoms. The van der Waals surface area contributed by atoms with Gasteiger partial charge in [-0.3, -0.25) is 9.59 Å². The minimum absolute atomic E-state index is 0.0522. The van der Waals surface area contributed by atoms with Crippen molar-refractivity contribution in [2.45, 2.75) is 11.3 Å². The normalized spacial score (nSPS) is 11.1. The Morgan fingerprint density at radius 1 is 1.04 bits per heavy atom. The predicted octanol–water partition coefficient (Wildman–Crippen LogP) is 1.75. The highest BCUT2D eigenvalue weighted by molar-refractivity contribution is 7.89. The molecule has 9 heteroatoms. The average Bonchev–Trinajstić information content (AvgIpc) is 2.55. The second kappa shape index (κ2) is 8.11. The van der Waals surface area contributed by atoms with Gasteiger partial charge >= 0.3 is 0 Å². The minimum atomic E-state index is -3.73. The zero-order valence-corrected chi connectivity index (χ0v) is 14.6. The highest BCUT2D eigenvalue weighted by atomic mass is 35.5. The molecule has 0 atom stereocenters. The van der Waals surface area contributed by atoms with Crippen molar-refractivity contribution in [3.8, 4) is 0 Å². The number of carbonyl (C=O) groups is 2. The predicted molar refractivity (Wildman–Crippen MR) is 94.8 cm³/mol. The quantitative estimate of drug-likeness (QED) is 0.676. The number of sulfonamides is 1. The summed E-state index contributed by atoms with van der Waals surface area (Å²) >= 11 is 5.72. The van der Waals surface area contributed by atoms with Gasteiger partial charge in [-0.2, -0.15) is 0 Å². The van der Waals surface area contributed by atoms with Crippen molar-refractivity contribution in [3.63, 3.8) is 0 Å². The summed E-state index contributed by atoms with van der Waals surface area (Å²) in [5.74, 6) is -1.12. The molecule has 0 aromatic heterocycles. The van der Waals surface area contributed by atoms with E-state index in [1.807, 2.05) is 0 Å². The lowest BCUT2D eigenvalue weighted by atomic mass is 10.1. The first-order valence-electron chi connectivity index (χ1n) is 7.23. The van der Waals surface area contributed by atoms with Crippen LogP contribution in [0.1, 0.15) is 16.8 Å². The van der Waals surface area contributed by atoms with Gasteiger partial charge in [0.2, 0.25) is 15.9 Å². The number of para-hydroxylation sites is 1. The summed E-state index contributed by atoms with van der Waals surface area (Å²) in [5, 5.41) is 2.96. The maximum absolute atomic E-state index is 12.1. The zero-order valence-electron chi connectivity index (χ0n) is 13.0. The molecule has 0 radical (unpaired) electrons. The Bertz CT molecular complexity index is 883. The molecule has 0 heterocycles. The first-order valence-corrected chi connectivity index (χ1v) is 9.09. The average molecular weight is 382 g/mol. The van der Waals surface area contributed by atoms with Crippen molar-refractivity contribution in [1.82, 2.24) is 4.72 Å². The Balaban J connectivity index is 1.92. The minimum Gasteiger partial charge on any atom is -0.366 e. The molecule has 0 aliphatic rings. The van der Waals surface area contributed by atoms with Crippen LogP contribution in [0.4, 0.5) is 5.69 Å². The molecular weight excluding hydrogens is 366 g/mol. The number of rotatable bonds is 7. The van der Waals surface area contributed by atoms with E-state index in [-0.39, 0.29) is 29.1 Å². The SMILES string of the molecule is NC(=O)c1ccccc1NC(=O)CCNS(=O)(=O)c1ccc(Cl)cc1. The number of hydrogen-bond donors (Lipinski definition) is 3. The van der Waals surface area contributed by atoms with Crippen LogP contribution >= 0.6 is 11.6 Å². The fourth-order valence-electron chi connectivity index (χ4n) is 2.02. The molecule has 0 saturated heterocycles. The fourth-order valence-corrected chi connectivity index (χ4v) is 3.17. The van der Waals surface area contributed by atoms with Crippen molar-refractivity contribution in [2.75, 3.05) is 11.9 Å². The van der Waals surface area contributed by atoms with Crippen LogP contribution in [0, 0.1) is 0 Å². The number of benzene rings is 2. The Morgan fingerprint density at radius 3 is 2.32 bits per heavy atom. The highest BCUT2D eigenvalue weighted by Crippen LogP contribution is 2.15. The van der Waals surface area contributed by atoms with E-state index in [0.29, 0.717) is 5.02 Å². The second-order valence-electron chi connectivity index (χ2n) is 5.06. The molecule has 0 aliphatic carbocycles. The van der Waals surface area contributed by atoms with Crippen LogP contribution in [-0.4, -0.2) is 26.8 Å². The number of nitrogens with two attached hydrogens (primary N) is 1. The Kier molecular flexibility index (Phi) is 6.13. The topological polar surface area (TPSA) is 118 Å². The van der Waals surface area contributed by atoms with Crippen LogP contribution in [0.5, 0.6) is 0 Å².